The Morgan fingerprint density at radius 1 is 1.10 bits per heavy atom. The molecule has 0 spiro atoms. The number of nitrogen functional groups attached to an aromatic ring is 1. The van der Waals surface area contributed by atoms with Gasteiger partial charge in [0.1, 0.15) is 18.2 Å². The highest BCUT2D eigenvalue weighted by Gasteiger charge is 2.14. The third-order valence-corrected chi connectivity index (χ3v) is 4.77. The van der Waals surface area contributed by atoms with Gasteiger partial charge in [-0.15, -0.1) is 0 Å². The number of hydrogen-bond acceptors (Lipinski definition) is 5. The maximum absolute atomic E-state index is 11.9. The zero-order valence-corrected chi connectivity index (χ0v) is 17.5. The van der Waals surface area contributed by atoms with Crippen molar-refractivity contribution in [1.29, 1.82) is 0 Å². The predicted molar refractivity (Wildman–Crippen MR) is 122 cm³/mol. The first kappa shape index (κ1) is 21.6. The van der Waals surface area contributed by atoms with Crippen molar-refractivity contribution in [3.63, 3.8) is 0 Å². The van der Waals surface area contributed by atoms with Crippen molar-refractivity contribution >= 4 is 34.8 Å². The normalized spacial score (nSPS) is 11.7. The predicted octanol–water partition coefficient (Wildman–Crippen LogP) is 4.69. The molecule has 0 radical (unpaired) electrons. The summed E-state index contributed by atoms with van der Waals surface area (Å²) in [5.74, 6) is 0.595. The van der Waals surface area contributed by atoms with Gasteiger partial charge in [0.15, 0.2) is 0 Å². The quantitative estimate of drug-likeness (QED) is 0.463. The van der Waals surface area contributed by atoms with Crippen LogP contribution in [0.5, 0.6) is 0 Å². The first-order valence-corrected chi connectivity index (χ1v) is 10.1. The summed E-state index contributed by atoms with van der Waals surface area (Å²) in [7, 11) is 0. The van der Waals surface area contributed by atoms with Gasteiger partial charge in [0, 0.05) is 11.6 Å². The number of ether oxygens (including phenoxy) is 1. The van der Waals surface area contributed by atoms with Crippen LogP contribution in [-0.2, 0) is 16.0 Å². The Hall–Kier alpha value is -3.09. The van der Waals surface area contributed by atoms with E-state index in [4.69, 9.17) is 22.1 Å². The number of pyridine rings is 1. The van der Waals surface area contributed by atoms with Gasteiger partial charge < -0.3 is 21.1 Å². The maximum atomic E-state index is 11.9. The van der Waals surface area contributed by atoms with Crippen LogP contribution in [0.15, 0.2) is 66.7 Å². The second kappa shape index (κ2) is 10.6. The molecular weight excluding hydrogens is 400 g/mol. The Bertz CT molecular complexity index is 965. The SMILES string of the molecule is CCOCC(=O)Nc1ccc(NC(Cc2ccc(Cl)cc2)c2ccccc2)nc1N. The maximum Gasteiger partial charge on any atom is 0.250 e. The number of carbonyl (C=O) groups is 1. The first-order chi connectivity index (χ1) is 14.5. The monoisotopic (exact) mass is 424 g/mol. The van der Waals surface area contributed by atoms with Crippen LogP contribution in [0.3, 0.4) is 0 Å². The smallest absolute Gasteiger partial charge is 0.250 e. The van der Waals surface area contributed by atoms with E-state index in [1.54, 1.807) is 12.1 Å². The van der Waals surface area contributed by atoms with Crippen molar-refractivity contribution in [2.75, 3.05) is 29.6 Å². The van der Waals surface area contributed by atoms with E-state index in [1.165, 1.54) is 0 Å². The molecule has 0 aliphatic heterocycles. The molecule has 1 amide bonds. The van der Waals surface area contributed by atoms with Crippen LogP contribution in [-0.4, -0.2) is 24.1 Å². The number of hydrogen-bond donors (Lipinski definition) is 3. The fourth-order valence-electron chi connectivity index (χ4n) is 3.01. The fourth-order valence-corrected chi connectivity index (χ4v) is 3.14. The number of benzene rings is 2. The number of aromatic nitrogens is 1. The summed E-state index contributed by atoms with van der Waals surface area (Å²) in [6, 6.07) is 21.4. The molecule has 4 N–H and O–H groups in total. The van der Waals surface area contributed by atoms with Crippen LogP contribution >= 0.6 is 11.6 Å². The van der Waals surface area contributed by atoms with Crippen molar-refractivity contribution in [3.8, 4) is 0 Å². The van der Waals surface area contributed by atoms with Gasteiger partial charge in [-0.2, -0.15) is 0 Å². The third-order valence-electron chi connectivity index (χ3n) is 4.51. The minimum Gasteiger partial charge on any atom is -0.382 e. The molecule has 30 heavy (non-hydrogen) atoms. The van der Waals surface area contributed by atoms with Crippen molar-refractivity contribution in [3.05, 3.63) is 82.9 Å². The second-order valence-corrected chi connectivity index (χ2v) is 7.19. The molecule has 0 fully saturated rings. The average Bonchev–Trinajstić information content (AvgIpc) is 2.76. The van der Waals surface area contributed by atoms with Gasteiger partial charge in [-0.25, -0.2) is 4.98 Å². The molecule has 1 heterocycles. The number of nitrogens with zero attached hydrogens (tertiary/aromatic N) is 1. The van der Waals surface area contributed by atoms with E-state index < -0.39 is 0 Å². The van der Waals surface area contributed by atoms with E-state index in [0.29, 0.717) is 23.1 Å². The van der Waals surface area contributed by atoms with Crippen LogP contribution in [0.1, 0.15) is 24.1 Å². The Morgan fingerprint density at radius 2 is 1.83 bits per heavy atom. The van der Waals surface area contributed by atoms with Gasteiger partial charge in [0.25, 0.3) is 0 Å². The summed E-state index contributed by atoms with van der Waals surface area (Å²) in [6.07, 6.45) is 0.746. The second-order valence-electron chi connectivity index (χ2n) is 6.75. The molecule has 1 atom stereocenters. The highest BCUT2D eigenvalue weighted by Crippen LogP contribution is 2.26. The van der Waals surface area contributed by atoms with E-state index in [0.717, 1.165) is 17.5 Å². The van der Waals surface area contributed by atoms with Crippen LogP contribution in [0, 0.1) is 0 Å². The Kier molecular flexibility index (Phi) is 7.65. The van der Waals surface area contributed by atoms with Crippen LogP contribution < -0.4 is 16.4 Å². The lowest BCUT2D eigenvalue weighted by Gasteiger charge is -2.21. The summed E-state index contributed by atoms with van der Waals surface area (Å²) in [5.41, 5.74) is 8.79. The van der Waals surface area contributed by atoms with Crippen LogP contribution in [0.2, 0.25) is 5.02 Å². The molecule has 1 unspecified atom stereocenters. The molecule has 3 rings (SSSR count). The van der Waals surface area contributed by atoms with E-state index >= 15 is 0 Å². The first-order valence-electron chi connectivity index (χ1n) is 9.75. The number of nitrogens with two attached hydrogens (primary N) is 1. The van der Waals surface area contributed by atoms with E-state index in [9.17, 15) is 4.79 Å². The number of rotatable bonds is 9. The largest absolute Gasteiger partial charge is 0.382 e. The molecule has 0 aliphatic carbocycles. The zero-order valence-electron chi connectivity index (χ0n) is 16.8. The van der Waals surface area contributed by atoms with Gasteiger partial charge in [-0.05, 0) is 48.7 Å². The lowest BCUT2D eigenvalue weighted by Crippen LogP contribution is -2.20. The number of carbonyl (C=O) groups excluding carboxylic acids is 1. The molecule has 0 aliphatic rings. The number of nitrogens with one attached hydrogen (secondary N) is 2. The molecule has 0 saturated heterocycles. The molecule has 156 valence electrons. The molecular formula is C23H25ClN4O2. The standard InChI is InChI=1S/C23H25ClN4O2/c1-2-30-15-22(29)27-19-12-13-21(28-23(19)25)26-20(17-6-4-3-5-7-17)14-16-8-10-18(24)11-9-16/h3-13,20H,2,14-15H2,1H3,(H,27,29)(H3,25,26,28). The highest BCUT2D eigenvalue weighted by atomic mass is 35.5. The van der Waals surface area contributed by atoms with E-state index in [2.05, 4.69) is 27.8 Å². The van der Waals surface area contributed by atoms with Gasteiger partial charge in [-0.3, -0.25) is 4.79 Å². The molecule has 6 nitrogen and oxygen atoms in total. The summed E-state index contributed by atoms with van der Waals surface area (Å²) < 4.78 is 5.10. The molecule has 3 aromatic rings. The minimum absolute atomic E-state index is 0.0160. The van der Waals surface area contributed by atoms with Gasteiger partial charge >= 0.3 is 0 Å². The van der Waals surface area contributed by atoms with Gasteiger partial charge in [-0.1, -0.05) is 54.1 Å². The lowest BCUT2D eigenvalue weighted by atomic mass is 9.99. The number of amides is 1. The van der Waals surface area contributed by atoms with Crippen molar-refractivity contribution < 1.29 is 9.53 Å². The summed E-state index contributed by atoms with van der Waals surface area (Å²) >= 11 is 6.01. The van der Waals surface area contributed by atoms with Crippen molar-refractivity contribution in [2.45, 2.75) is 19.4 Å². The van der Waals surface area contributed by atoms with E-state index in [1.807, 2.05) is 49.4 Å². The molecule has 2 aromatic carbocycles. The zero-order chi connectivity index (χ0) is 21.3. The van der Waals surface area contributed by atoms with Gasteiger partial charge in [0.05, 0.1) is 11.7 Å². The molecule has 0 saturated carbocycles. The fraction of sp³-hybridized carbons (Fsp3) is 0.217. The third kappa shape index (κ3) is 6.20. The van der Waals surface area contributed by atoms with Crippen LogP contribution in [0.25, 0.3) is 0 Å². The number of anilines is 3. The molecule has 7 heteroatoms. The Balaban J connectivity index is 1.76. The Labute approximate surface area is 181 Å². The summed E-state index contributed by atoms with van der Waals surface area (Å²) in [5, 5.41) is 6.87. The summed E-state index contributed by atoms with van der Waals surface area (Å²) in [6.45, 7) is 2.28. The van der Waals surface area contributed by atoms with Gasteiger partial charge in [0.2, 0.25) is 5.91 Å². The lowest BCUT2D eigenvalue weighted by molar-refractivity contribution is -0.120. The van der Waals surface area contributed by atoms with Crippen molar-refractivity contribution in [1.82, 2.24) is 4.98 Å². The number of halogens is 1. The summed E-state index contributed by atoms with van der Waals surface area (Å²) in [4.78, 5) is 16.3. The van der Waals surface area contributed by atoms with E-state index in [-0.39, 0.29) is 24.4 Å². The highest BCUT2D eigenvalue weighted by molar-refractivity contribution is 6.30. The van der Waals surface area contributed by atoms with Crippen molar-refractivity contribution in [2.24, 2.45) is 0 Å². The van der Waals surface area contributed by atoms with Crippen LogP contribution in [0.4, 0.5) is 17.3 Å². The topological polar surface area (TPSA) is 89.3 Å². The Morgan fingerprint density at radius 3 is 2.50 bits per heavy atom. The molecule has 1 aromatic heterocycles. The minimum atomic E-state index is -0.268. The molecule has 0 bridgehead atoms. The average molecular weight is 425 g/mol.